The Morgan fingerprint density at radius 2 is 0.677 bits per heavy atom. The molecule has 0 fully saturated rings. The number of carboxylic acid groups (broad SMARTS) is 3. The van der Waals surface area contributed by atoms with Crippen LogP contribution in [0, 0.1) is 17.8 Å². The molecule has 0 saturated heterocycles. The molecule has 10 heteroatoms. The molecule has 0 bridgehead atoms. The van der Waals surface area contributed by atoms with Crippen molar-refractivity contribution in [2.75, 3.05) is 0 Å². The van der Waals surface area contributed by atoms with Crippen molar-refractivity contribution in [3.05, 3.63) is 0 Å². The van der Waals surface area contributed by atoms with Crippen LogP contribution in [0.4, 0.5) is 0 Å². The second-order valence-corrected chi connectivity index (χ2v) is 6.97. The number of aliphatic carboxylic acids is 3. The summed E-state index contributed by atoms with van der Waals surface area (Å²) >= 11 is 0. The average molecular weight is 456 g/mol. The van der Waals surface area contributed by atoms with Crippen LogP contribution < -0.4 is 15.3 Å². The summed E-state index contributed by atoms with van der Waals surface area (Å²) < 4.78 is 0. The molecule has 0 aromatic carbocycles. The summed E-state index contributed by atoms with van der Waals surface area (Å²) in [6.45, 7) is 10.7. The molecule has 9 nitrogen and oxygen atoms in total. The Kier molecular flexibility index (Phi) is 24.8. The van der Waals surface area contributed by atoms with Crippen molar-refractivity contribution >= 4 is 52.6 Å². The maximum absolute atomic E-state index is 10.8. The van der Waals surface area contributed by atoms with Gasteiger partial charge in [-0.15, -0.1) is 0 Å². The molecule has 0 aliphatic heterocycles. The second-order valence-electron chi connectivity index (χ2n) is 6.97. The van der Waals surface area contributed by atoms with Gasteiger partial charge in [0.05, 0.1) is 0 Å². The number of rotatable bonds is 12. The van der Waals surface area contributed by atoms with E-state index in [4.69, 9.17) is 0 Å². The number of carbonyl (C=O) groups is 6. The quantitative estimate of drug-likeness (QED) is 0.259. The molecular weight excluding hydrogens is 423 g/mol. The predicted octanol–water partition coefficient (Wildman–Crippen LogP) is -1.16. The Labute approximate surface area is 194 Å². The third-order valence-corrected chi connectivity index (χ3v) is 4.44. The van der Waals surface area contributed by atoms with Crippen molar-refractivity contribution in [3.8, 4) is 0 Å². The molecule has 0 aromatic heterocycles. The van der Waals surface area contributed by atoms with Crippen LogP contribution in [0.3, 0.4) is 0 Å². The fourth-order valence-electron chi connectivity index (χ4n) is 1.63. The first-order valence-electron chi connectivity index (χ1n) is 9.90. The zero-order valence-electron chi connectivity index (χ0n) is 19.2. The Hall–Kier alpha value is -2.05. The van der Waals surface area contributed by atoms with E-state index in [2.05, 4.69) is 0 Å². The Bertz CT molecular complexity index is 507. The molecule has 0 aromatic rings. The average Bonchev–Trinajstić information content (AvgIpc) is 2.65. The van der Waals surface area contributed by atoms with Crippen molar-refractivity contribution in [1.29, 1.82) is 0 Å². The first kappa shape index (κ1) is 36.3. The van der Waals surface area contributed by atoms with Crippen molar-refractivity contribution in [2.45, 2.75) is 80.1 Å². The summed E-state index contributed by atoms with van der Waals surface area (Å²) in [7, 11) is 0. The summed E-state index contributed by atoms with van der Waals surface area (Å²) in [5.74, 6) is -5.07. The van der Waals surface area contributed by atoms with Gasteiger partial charge < -0.3 is 29.7 Å². The predicted molar refractivity (Wildman–Crippen MR) is 108 cm³/mol. The molecule has 3 atom stereocenters. The molecule has 0 amide bonds. The summed E-state index contributed by atoms with van der Waals surface area (Å²) in [5.41, 5.74) is 0. The Balaban J connectivity index is -0.000000174. The normalized spacial score (nSPS) is 12.2. The van der Waals surface area contributed by atoms with Crippen LogP contribution in [0.2, 0.25) is 0 Å². The monoisotopic (exact) mass is 456 g/mol. The number of Topliss-reactive ketones (excluding diaryl/α,β-unsaturated/α-hetero) is 3. The SMILES string of the molecule is CCC(C)C(=O)CC(=O)[O-].CCC(C)C(=O)CC(=O)[O-].CCC(C)C(=O)CC(=O)[O-].[Al+3]. The van der Waals surface area contributed by atoms with E-state index in [0.29, 0.717) is 19.3 Å². The minimum absolute atomic E-state index is 0. The van der Waals surface area contributed by atoms with Gasteiger partial charge in [-0.05, 0) is 19.3 Å². The summed E-state index contributed by atoms with van der Waals surface area (Å²) in [6, 6.07) is 0. The van der Waals surface area contributed by atoms with Crippen molar-refractivity contribution in [2.24, 2.45) is 17.8 Å². The molecule has 0 radical (unpaired) electrons. The largest absolute Gasteiger partial charge is 3.00 e. The first-order valence-corrected chi connectivity index (χ1v) is 9.90. The van der Waals surface area contributed by atoms with Crippen molar-refractivity contribution < 1.29 is 44.1 Å². The zero-order valence-corrected chi connectivity index (χ0v) is 20.4. The number of carboxylic acids is 3. The molecular formula is C21H33AlO9. The van der Waals surface area contributed by atoms with Gasteiger partial charge in [0.1, 0.15) is 17.3 Å². The maximum Gasteiger partial charge on any atom is 3.00 e. The molecule has 0 aliphatic carbocycles. The van der Waals surface area contributed by atoms with Gasteiger partial charge in [0, 0.05) is 54.9 Å². The first-order chi connectivity index (χ1) is 13.7. The van der Waals surface area contributed by atoms with Crippen LogP contribution in [-0.4, -0.2) is 52.6 Å². The molecule has 31 heavy (non-hydrogen) atoms. The van der Waals surface area contributed by atoms with E-state index in [0.717, 1.165) is 0 Å². The van der Waals surface area contributed by atoms with Crippen LogP contribution in [0.5, 0.6) is 0 Å². The maximum atomic E-state index is 10.8. The van der Waals surface area contributed by atoms with E-state index in [1.54, 1.807) is 20.8 Å². The van der Waals surface area contributed by atoms with Crippen LogP contribution in [0.25, 0.3) is 0 Å². The summed E-state index contributed by atoms with van der Waals surface area (Å²) in [4.78, 5) is 62.0. The molecule has 3 unspecified atom stereocenters. The third kappa shape index (κ3) is 24.1. The van der Waals surface area contributed by atoms with E-state index in [1.807, 2.05) is 20.8 Å². The van der Waals surface area contributed by atoms with E-state index in [-0.39, 0.29) is 52.5 Å². The second kappa shape index (κ2) is 21.2. The van der Waals surface area contributed by atoms with Gasteiger partial charge in [-0.1, -0.05) is 41.5 Å². The number of hydrogen-bond donors (Lipinski definition) is 0. The van der Waals surface area contributed by atoms with Crippen molar-refractivity contribution in [3.63, 3.8) is 0 Å². The standard InChI is InChI=1S/3C7H12O3.Al/c3*1-3-5(2)6(8)4-7(9)10;/h3*5H,3-4H2,1-2H3,(H,9,10);/q;;;+3/p-3. The van der Waals surface area contributed by atoms with Gasteiger partial charge in [0.25, 0.3) is 0 Å². The van der Waals surface area contributed by atoms with E-state index in [1.165, 1.54) is 0 Å². The van der Waals surface area contributed by atoms with Gasteiger partial charge >= 0.3 is 17.4 Å². The van der Waals surface area contributed by atoms with E-state index in [9.17, 15) is 44.1 Å². The fraction of sp³-hybridized carbons (Fsp3) is 0.714. The van der Waals surface area contributed by atoms with E-state index < -0.39 is 37.2 Å². The molecule has 0 heterocycles. The van der Waals surface area contributed by atoms with E-state index >= 15 is 0 Å². The molecule has 0 N–H and O–H groups in total. The van der Waals surface area contributed by atoms with Gasteiger partial charge in [0.15, 0.2) is 0 Å². The molecule has 0 spiro atoms. The van der Waals surface area contributed by atoms with Crippen LogP contribution in [0.15, 0.2) is 0 Å². The number of ketones is 3. The van der Waals surface area contributed by atoms with Crippen LogP contribution in [0.1, 0.15) is 80.1 Å². The fourth-order valence-corrected chi connectivity index (χ4v) is 1.63. The summed E-state index contributed by atoms with van der Waals surface area (Å²) in [6.07, 6.45) is 0.712. The molecule has 0 saturated carbocycles. The van der Waals surface area contributed by atoms with Crippen LogP contribution >= 0.6 is 0 Å². The topological polar surface area (TPSA) is 172 Å². The summed E-state index contributed by atoms with van der Waals surface area (Å²) in [5, 5.41) is 29.7. The Morgan fingerprint density at radius 3 is 0.774 bits per heavy atom. The van der Waals surface area contributed by atoms with Gasteiger partial charge in [-0.25, -0.2) is 0 Å². The molecule has 174 valence electrons. The third-order valence-electron chi connectivity index (χ3n) is 4.44. The minimum atomic E-state index is -1.29. The zero-order chi connectivity index (χ0) is 24.4. The Morgan fingerprint density at radius 1 is 0.516 bits per heavy atom. The smallest absolute Gasteiger partial charge is 0.550 e. The van der Waals surface area contributed by atoms with Crippen LogP contribution in [-0.2, 0) is 28.8 Å². The molecule has 0 aliphatic rings. The van der Waals surface area contributed by atoms with Gasteiger partial charge in [-0.2, -0.15) is 0 Å². The van der Waals surface area contributed by atoms with Gasteiger partial charge in [0.2, 0.25) is 0 Å². The molecule has 0 rings (SSSR count). The van der Waals surface area contributed by atoms with Gasteiger partial charge in [-0.3, -0.25) is 14.4 Å². The minimum Gasteiger partial charge on any atom is -0.550 e. The van der Waals surface area contributed by atoms with Crippen molar-refractivity contribution in [1.82, 2.24) is 0 Å². The number of carbonyl (C=O) groups excluding carboxylic acids is 6. The number of hydrogen-bond acceptors (Lipinski definition) is 9.